The molecule has 0 saturated carbocycles. The van der Waals surface area contributed by atoms with Gasteiger partial charge in [0.2, 0.25) is 17.2 Å². The summed E-state index contributed by atoms with van der Waals surface area (Å²) in [4.78, 5) is 9.53. The molecule has 2 aliphatic heterocycles. The lowest BCUT2D eigenvalue weighted by Gasteiger charge is -2.40. The summed E-state index contributed by atoms with van der Waals surface area (Å²) in [6.45, 7) is 6.07. The summed E-state index contributed by atoms with van der Waals surface area (Å²) in [5.74, 6) is 1.18. The third kappa shape index (κ3) is 6.36. The quantitative estimate of drug-likeness (QED) is 0.256. The Morgan fingerprint density at radius 1 is 1.07 bits per heavy atom. The topological polar surface area (TPSA) is 116 Å². The molecule has 1 unspecified atom stereocenters. The first-order chi connectivity index (χ1) is 20.1. The Kier molecular flexibility index (Phi) is 8.44. The molecule has 0 aliphatic carbocycles. The van der Waals surface area contributed by atoms with E-state index >= 15 is 0 Å². The van der Waals surface area contributed by atoms with Crippen LogP contribution in [0.3, 0.4) is 0 Å². The van der Waals surface area contributed by atoms with E-state index in [0.717, 1.165) is 91.7 Å². The maximum atomic E-state index is 11.0. The SMILES string of the molecule is COc1cc(N2CCC(N3CCOCC3)CC2)ccc1Nc1ncc2ccc(-c3cccc(CNS(=O)O)c3)n2n1. The van der Waals surface area contributed by atoms with E-state index in [-0.39, 0.29) is 6.54 Å². The number of piperidine rings is 1. The Morgan fingerprint density at radius 3 is 2.68 bits per heavy atom. The third-order valence-electron chi connectivity index (χ3n) is 7.84. The monoisotopic (exact) mass is 577 g/mol. The molecular weight excluding hydrogens is 542 g/mol. The highest BCUT2D eigenvalue weighted by molar-refractivity contribution is 7.77. The van der Waals surface area contributed by atoms with E-state index in [4.69, 9.17) is 19.1 Å². The van der Waals surface area contributed by atoms with Gasteiger partial charge >= 0.3 is 0 Å². The van der Waals surface area contributed by atoms with Gasteiger partial charge in [-0.05, 0) is 48.7 Å². The maximum Gasteiger partial charge on any atom is 0.245 e. The summed E-state index contributed by atoms with van der Waals surface area (Å²) >= 11 is -2.07. The second-order valence-corrected chi connectivity index (χ2v) is 11.1. The Hall–Kier alpha value is -3.55. The molecule has 11 nitrogen and oxygen atoms in total. The van der Waals surface area contributed by atoms with Crippen molar-refractivity contribution in [2.24, 2.45) is 0 Å². The van der Waals surface area contributed by atoms with Gasteiger partial charge in [-0.3, -0.25) is 9.45 Å². The van der Waals surface area contributed by atoms with Crippen LogP contribution < -0.4 is 19.7 Å². The standard InChI is InChI=1S/C29H35N7O4S/c1-39-28-18-24(34-11-9-23(10-12-34)35-13-15-40-16-14-35)5-7-26(28)32-29-30-20-25-6-8-27(36(25)33-29)22-4-2-3-21(17-22)19-31-41(37)38/h2-8,17-18,20,23,31H,9-16,19H2,1H3,(H,32,33)(H,37,38). The molecule has 41 heavy (non-hydrogen) atoms. The number of nitrogens with zero attached hydrogens (tertiary/aromatic N) is 5. The van der Waals surface area contributed by atoms with E-state index in [0.29, 0.717) is 12.0 Å². The molecule has 6 rings (SSSR count). The molecule has 12 heteroatoms. The molecule has 4 heterocycles. The van der Waals surface area contributed by atoms with E-state index in [1.54, 1.807) is 13.3 Å². The maximum absolute atomic E-state index is 11.0. The molecule has 3 N–H and O–H groups in total. The summed E-state index contributed by atoms with van der Waals surface area (Å²) in [5, 5.41) is 8.09. The van der Waals surface area contributed by atoms with Crippen LogP contribution in [-0.2, 0) is 22.5 Å². The molecule has 216 valence electrons. The van der Waals surface area contributed by atoms with Crippen LogP contribution in [0.5, 0.6) is 5.75 Å². The van der Waals surface area contributed by atoms with Gasteiger partial charge in [-0.2, -0.15) is 0 Å². The number of ether oxygens (including phenoxy) is 2. The first-order valence-electron chi connectivity index (χ1n) is 13.9. The van der Waals surface area contributed by atoms with Crippen LogP contribution in [0.1, 0.15) is 18.4 Å². The van der Waals surface area contributed by atoms with Crippen molar-refractivity contribution in [2.45, 2.75) is 25.4 Å². The van der Waals surface area contributed by atoms with E-state index < -0.39 is 11.3 Å². The molecule has 2 aromatic carbocycles. The average Bonchev–Trinajstić information content (AvgIpc) is 3.44. The number of hydrogen-bond acceptors (Lipinski definition) is 8. The molecule has 0 radical (unpaired) electrons. The molecular formula is C29H35N7O4S. The van der Waals surface area contributed by atoms with Gasteiger partial charge in [-0.25, -0.2) is 18.4 Å². The van der Waals surface area contributed by atoms with Crippen molar-refractivity contribution >= 4 is 34.1 Å². The lowest BCUT2D eigenvalue weighted by molar-refractivity contribution is 0.0115. The van der Waals surface area contributed by atoms with Crippen LogP contribution in [0.25, 0.3) is 16.8 Å². The molecule has 2 fully saturated rings. The predicted octanol–water partition coefficient (Wildman–Crippen LogP) is 3.68. The van der Waals surface area contributed by atoms with Gasteiger partial charge in [0.15, 0.2) is 0 Å². The molecule has 2 aromatic heterocycles. The van der Waals surface area contributed by atoms with Crippen LogP contribution in [0.15, 0.2) is 60.8 Å². The van der Waals surface area contributed by atoms with Crippen molar-refractivity contribution in [3.8, 4) is 17.0 Å². The Balaban J connectivity index is 1.17. The first-order valence-corrected chi connectivity index (χ1v) is 15.0. The smallest absolute Gasteiger partial charge is 0.245 e. The summed E-state index contributed by atoms with van der Waals surface area (Å²) < 4.78 is 35.7. The van der Waals surface area contributed by atoms with Gasteiger partial charge < -0.3 is 19.7 Å². The van der Waals surface area contributed by atoms with E-state index in [9.17, 15) is 4.21 Å². The average molecular weight is 578 g/mol. The zero-order valence-electron chi connectivity index (χ0n) is 23.0. The highest BCUT2D eigenvalue weighted by atomic mass is 32.2. The number of nitrogens with one attached hydrogen (secondary N) is 2. The second kappa shape index (κ2) is 12.5. The molecule has 0 spiro atoms. The lowest BCUT2D eigenvalue weighted by atomic mass is 10.0. The van der Waals surface area contributed by atoms with Gasteiger partial charge in [0.25, 0.3) is 0 Å². The number of anilines is 3. The van der Waals surface area contributed by atoms with Crippen molar-refractivity contribution in [1.82, 2.24) is 24.2 Å². The molecule has 0 amide bonds. The summed E-state index contributed by atoms with van der Waals surface area (Å²) in [5.41, 5.74) is 5.52. The predicted molar refractivity (Wildman–Crippen MR) is 160 cm³/mol. The van der Waals surface area contributed by atoms with Gasteiger partial charge in [0.1, 0.15) is 5.75 Å². The fraction of sp³-hybridized carbons (Fsp3) is 0.379. The zero-order valence-corrected chi connectivity index (χ0v) is 23.8. The van der Waals surface area contributed by atoms with E-state index in [1.807, 2.05) is 47.0 Å². The van der Waals surface area contributed by atoms with Crippen LogP contribution in [-0.4, -0.2) is 80.8 Å². The number of morpholine rings is 1. The van der Waals surface area contributed by atoms with Crippen molar-refractivity contribution in [1.29, 1.82) is 0 Å². The van der Waals surface area contributed by atoms with Crippen molar-refractivity contribution in [2.75, 3.05) is 56.7 Å². The van der Waals surface area contributed by atoms with Crippen molar-refractivity contribution < 1.29 is 18.2 Å². The van der Waals surface area contributed by atoms with Gasteiger partial charge in [-0.1, -0.05) is 18.2 Å². The van der Waals surface area contributed by atoms with Crippen LogP contribution >= 0.6 is 0 Å². The zero-order chi connectivity index (χ0) is 28.2. The van der Waals surface area contributed by atoms with E-state index in [2.05, 4.69) is 37.0 Å². The van der Waals surface area contributed by atoms with Crippen molar-refractivity contribution in [3.63, 3.8) is 0 Å². The minimum absolute atomic E-state index is 0.281. The molecule has 2 aliphatic rings. The second-order valence-electron chi connectivity index (χ2n) is 10.3. The first kappa shape index (κ1) is 27.6. The minimum atomic E-state index is -2.07. The Bertz CT molecular complexity index is 1520. The number of hydrogen-bond donors (Lipinski definition) is 3. The fourth-order valence-corrected chi connectivity index (χ4v) is 5.99. The number of rotatable bonds is 9. The Morgan fingerprint density at radius 2 is 1.90 bits per heavy atom. The normalized spacial score (nSPS) is 17.6. The summed E-state index contributed by atoms with van der Waals surface area (Å²) in [6, 6.07) is 18.6. The molecule has 2 saturated heterocycles. The van der Waals surface area contributed by atoms with Gasteiger partial charge in [-0.15, -0.1) is 5.10 Å². The number of fused-ring (bicyclic) bond motifs is 1. The highest BCUT2D eigenvalue weighted by Crippen LogP contribution is 2.33. The van der Waals surface area contributed by atoms with Crippen LogP contribution in [0.2, 0.25) is 0 Å². The minimum Gasteiger partial charge on any atom is -0.494 e. The van der Waals surface area contributed by atoms with Gasteiger partial charge in [0, 0.05) is 56.1 Å². The number of benzene rings is 2. The van der Waals surface area contributed by atoms with Crippen LogP contribution in [0.4, 0.5) is 17.3 Å². The highest BCUT2D eigenvalue weighted by Gasteiger charge is 2.26. The summed E-state index contributed by atoms with van der Waals surface area (Å²) in [6.07, 6.45) is 4.07. The summed E-state index contributed by atoms with van der Waals surface area (Å²) in [7, 11) is 1.68. The third-order valence-corrected chi connectivity index (χ3v) is 8.24. The van der Waals surface area contributed by atoms with Gasteiger partial charge in [0.05, 0.1) is 43.4 Å². The number of aromatic nitrogens is 3. The molecule has 0 bridgehead atoms. The van der Waals surface area contributed by atoms with Crippen LogP contribution in [0, 0.1) is 0 Å². The Labute approximate surface area is 241 Å². The fourth-order valence-electron chi connectivity index (χ4n) is 5.70. The van der Waals surface area contributed by atoms with Crippen molar-refractivity contribution in [3.05, 3.63) is 66.4 Å². The molecule has 1 atom stereocenters. The van der Waals surface area contributed by atoms with E-state index in [1.165, 1.54) is 0 Å². The largest absolute Gasteiger partial charge is 0.494 e. The number of methoxy groups -OCH3 is 1. The molecule has 4 aromatic rings. The lowest BCUT2D eigenvalue weighted by Crippen LogP contribution is -2.49.